The molecule has 0 aliphatic rings. The van der Waals surface area contributed by atoms with Crippen LogP contribution >= 0.6 is 11.6 Å². The van der Waals surface area contributed by atoms with Gasteiger partial charge in [0, 0.05) is 11.1 Å². The minimum atomic E-state index is -5.96. The van der Waals surface area contributed by atoms with E-state index in [2.05, 4.69) is 4.18 Å². The van der Waals surface area contributed by atoms with Crippen molar-refractivity contribution in [2.24, 2.45) is 0 Å². The standard InChI is InChI=1S/C14H9ClF4O3S/c1-8-4-2-5-9(12(8)15)10-6-3-7-11(13(10)16)22-23(20,21)14(17,18)19/h2-7H,1H3. The Hall–Kier alpha value is -1.80. The summed E-state index contributed by atoms with van der Waals surface area (Å²) in [5.41, 5.74) is -5.00. The van der Waals surface area contributed by atoms with Gasteiger partial charge in [0.05, 0.1) is 5.02 Å². The number of rotatable bonds is 3. The molecule has 0 aliphatic heterocycles. The first-order chi connectivity index (χ1) is 10.5. The van der Waals surface area contributed by atoms with Gasteiger partial charge in [-0.05, 0) is 18.6 Å². The first kappa shape index (κ1) is 17.6. The average molecular weight is 369 g/mol. The summed E-state index contributed by atoms with van der Waals surface area (Å²) in [4.78, 5) is 0. The normalized spacial score (nSPS) is 12.3. The monoisotopic (exact) mass is 368 g/mol. The summed E-state index contributed by atoms with van der Waals surface area (Å²) in [6.45, 7) is 1.66. The summed E-state index contributed by atoms with van der Waals surface area (Å²) < 4.78 is 77.2. The molecule has 0 saturated heterocycles. The van der Waals surface area contributed by atoms with Crippen molar-refractivity contribution >= 4 is 21.7 Å². The Bertz CT molecular complexity index is 848. The lowest BCUT2D eigenvalue weighted by Gasteiger charge is -2.13. The second-order valence-corrected chi connectivity index (χ2v) is 6.45. The zero-order chi connectivity index (χ0) is 17.4. The van der Waals surface area contributed by atoms with Crippen LogP contribution in [0.25, 0.3) is 11.1 Å². The van der Waals surface area contributed by atoms with Crippen LogP contribution < -0.4 is 4.18 Å². The maximum Gasteiger partial charge on any atom is 0.534 e. The second-order valence-electron chi connectivity index (χ2n) is 4.54. The van der Waals surface area contributed by atoms with Crippen molar-refractivity contribution in [2.75, 3.05) is 0 Å². The van der Waals surface area contributed by atoms with Gasteiger partial charge in [0.25, 0.3) is 0 Å². The molecule has 0 fully saturated rings. The van der Waals surface area contributed by atoms with Crippen LogP contribution in [0.1, 0.15) is 5.56 Å². The number of aryl methyl sites for hydroxylation is 1. The maximum atomic E-state index is 14.4. The lowest BCUT2D eigenvalue weighted by molar-refractivity contribution is -0.0500. The molecule has 0 atom stereocenters. The van der Waals surface area contributed by atoms with Gasteiger partial charge in [0.2, 0.25) is 0 Å². The molecule has 0 heterocycles. The quantitative estimate of drug-likeness (QED) is 0.449. The third kappa shape index (κ3) is 3.42. The molecule has 3 nitrogen and oxygen atoms in total. The molecule has 2 aromatic carbocycles. The largest absolute Gasteiger partial charge is 0.534 e. The fraction of sp³-hybridized carbons (Fsp3) is 0.143. The first-order valence-corrected chi connectivity index (χ1v) is 7.88. The summed E-state index contributed by atoms with van der Waals surface area (Å²) in [6, 6.07) is 7.90. The van der Waals surface area contributed by atoms with E-state index in [1.54, 1.807) is 19.1 Å². The molecule has 0 N–H and O–H groups in total. The van der Waals surface area contributed by atoms with E-state index < -0.39 is 27.2 Å². The number of hydrogen-bond donors (Lipinski definition) is 0. The van der Waals surface area contributed by atoms with Gasteiger partial charge in [-0.2, -0.15) is 21.6 Å². The van der Waals surface area contributed by atoms with Crippen LogP contribution in [-0.4, -0.2) is 13.9 Å². The zero-order valence-electron chi connectivity index (χ0n) is 11.5. The summed E-state index contributed by atoms with van der Waals surface area (Å²) in [5.74, 6) is -2.31. The van der Waals surface area contributed by atoms with Crippen molar-refractivity contribution in [2.45, 2.75) is 12.4 Å². The van der Waals surface area contributed by atoms with Crippen molar-refractivity contribution in [1.29, 1.82) is 0 Å². The van der Waals surface area contributed by atoms with E-state index >= 15 is 0 Å². The second kappa shape index (κ2) is 6.01. The Morgan fingerprint density at radius 1 is 1.04 bits per heavy atom. The van der Waals surface area contributed by atoms with E-state index in [1.165, 1.54) is 12.1 Å². The fourth-order valence-electron chi connectivity index (χ4n) is 1.80. The molecule has 0 radical (unpaired) electrons. The highest BCUT2D eigenvalue weighted by Crippen LogP contribution is 2.36. The lowest BCUT2D eigenvalue weighted by atomic mass is 10.0. The van der Waals surface area contributed by atoms with Crippen molar-refractivity contribution in [3.05, 3.63) is 52.8 Å². The van der Waals surface area contributed by atoms with Gasteiger partial charge >= 0.3 is 15.6 Å². The third-order valence-electron chi connectivity index (χ3n) is 2.93. The minimum Gasteiger partial charge on any atom is -0.373 e. The molecule has 23 heavy (non-hydrogen) atoms. The summed E-state index contributed by atoms with van der Waals surface area (Å²) in [5, 5.41) is 0.197. The molecule has 2 rings (SSSR count). The Morgan fingerprint density at radius 2 is 1.61 bits per heavy atom. The van der Waals surface area contributed by atoms with Crippen LogP contribution in [-0.2, 0) is 10.1 Å². The van der Waals surface area contributed by atoms with Crippen LogP contribution in [0.5, 0.6) is 5.75 Å². The van der Waals surface area contributed by atoms with Gasteiger partial charge in [-0.25, -0.2) is 4.39 Å². The predicted octanol–water partition coefficient (Wildman–Crippen LogP) is 4.68. The van der Waals surface area contributed by atoms with E-state index in [9.17, 15) is 26.0 Å². The van der Waals surface area contributed by atoms with E-state index in [0.29, 0.717) is 5.56 Å². The Morgan fingerprint density at radius 3 is 2.22 bits per heavy atom. The highest BCUT2D eigenvalue weighted by atomic mass is 35.5. The van der Waals surface area contributed by atoms with E-state index in [0.717, 1.165) is 12.1 Å². The first-order valence-electron chi connectivity index (χ1n) is 6.09. The smallest absolute Gasteiger partial charge is 0.373 e. The van der Waals surface area contributed by atoms with E-state index in [-0.39, 0.29) is 16.1 Å². The van der Waals surface area contributed by atoms with Gasteiger partial charge in [0.1, 0.15) is 0 Å². The fourth-order valence-corrected chi connectivity index (χ4v) is 2.49. The molecule has 0 unspecified atom stereocenters. The van der Waals surface area contributed by atoms with Gasteiger partial charge in [0.15, 0.2) is 11.6 Å². The van der Waals surface area contributed by atoms with Crippen molar-refractivity contribution < 1.29 is 30.2 Å². The maximum absolute atomic E-state index is 14.4. The SMILES string of the molecule is Cc1cccc(-c2cccc(OS(=O)(=O)C(F)(F)F)c2F)c1Cl. The molecular weight excluding hydrogens is 360 g/mol. The van der Waals surface area contributed by atoms with Crippen LogP contribution in [0.3, 0.4) is 0 Å². The molecule has 2 aromatic rings. The third-order valence-corrected chi connectivity index (χ3v) is 4.40. The van der Waals surface area contributed by atoms with Crippen LogP contribution in [0.15, 0.2) is 36.4 Å². The zero-order valence-corrected chi connectivity index (χ0v) is 13.1. The Balaban J connectivity index is 2.54. The summed E-state index contributed by atoms with van der Waals surface area (Å²) in [7, 11) is -5.96. The molecule has 0 aromatic heterocycles. The van der Waals surface area contributed by atoms with Crippen LogP contribution in [0, 0.1) is 12.7 Å². The molecule has 124 valence electrons. The number of hydrogen-bond acceptors (Lipinski definition) is 3. The van der Waals surface area contributed by atoms with Crippen molar-refractivity contribution in [3.63, 3.8) is 0 Å². The number of alkyl halides is 3. The topological polar surface area (TPSA) is 43.4 Å². The van der Waals surface area contributed by atoms with Gasteiger partial charge in [-0.3, -0.25) is 0 Å². The average Bonchev–Trinajstić information content (AvgIpc) is 2.43. The van der Waals surface area contributed by atoms with Crippen LogP contribution in [0.2, 0.25) is 5.02 Å². The predicted molar refractivity (Wildman–Crippen MR) is 77.2 cm³/mol. The number of benzene rings is 2. The molecule has 9 heteroatoms. The molecular formula is C14H9ClF4O3S. The van der Waals surface area contributed by atoms with Crippen molar-refractivity contribution in [1.82, 2.24) is 0 Å². The molecule has 0 aliphatic carbocycles. The van der Waals surface area contributed by atoms with E-state index in [1.807, 2.05) is 0 Å². The molecule has 0 spiro atoms. The van der Waals surface area contributed by atoms with Crippen LogP contribution in [0.4, 0.5) is 17.6 Å². The summed E-state index contributed by atoms with van der Waals surface area (Å²) >= 11 is 6.05. The molecule has 0 saturated carbocycles. The molecule has 0 bridgehead atoms. The highest BCUT2D eigenvalue weighted by Gasteiger charge is 2.49. The Labute approximate surface area is 134 Å². The van der Waals surface area contributed by atoms with Gasteiger partial charge < -0.3 is 4.18 Å². The number of halogens is 5. The highest BCUT2D eigenvalue weighted by molar-refractivity contribution is 7.88. The lowest BCUT2D eigenvalue weighted by Crippen LogP contribution is -2.28. The summed E-state index contributed by atoms with van der Waals surface area (Å²) in [6.07, 6.45) is 0. The Kier molecular flexibility index (Phi) is 4.59. The van der Waals surface area contributed by atoms with Gasteiger partial charge in [-0.1, -0.05) is 41.9 Å². The van der Waals surface area contributed by atoms with Gasteiger partial charge in [-0.15, -0.1) is 0 Å². The minimum absolute atomic E-state index is 0.173. The molecule has 0 amide bonds. The van der Waals surface area contributed by atoms with E-state index in [4.69, 9.17) is 11.6 Å². The van der Waals surface area contributed by atoms with Crippen molar-refractivity contribution in [3.8, 4) is 16.9 Å².